The molecule has 0 aromatic heterocycles. The Bertz CT molecular complexity index is 522. The highest BCUT2D eigenvalue weighted by molar-refractivity contribution is 5.94. The van der Waals surface area contributed by atoms with Crippen LogP contribution in [0.4, 0.5) is 0 Å². The van der Waals surface area contributed by atoms with E-state index in [1.165, 1.54) is 0 Å². The maximum absolute atomic E-state index is 12.9. The van der Waals surface area contributed by atoms with E-state index in [2.05, 4.69) is 0 Å². The molecule has 20 heavy (non-hydrogen) atoms. The molecule has 106 valence electrons. The Kier molecular flexibility index (Phi) is 3.24. The third kappa shape index (κ3) is 2.09. The SMILES string of the molecule is O=C(O)[C@H]1CCCCN1C(=O)C1(c2ccccc2)CC1. The van der Waals surface area contributed by atoms with E-state index in [0.29, 0.717) is 13.0 Å². The van der Waals surface area contributed by atoms with Crippen LogP contribution >= 0.6 is 0 Å². The Morgan fingerprint density at radius 1 is 1.15 bits per heavy atom. The molecular weight excluding hydrogens is 254 g/mol. The summed E-state index contributed by atoms with van der Waals surface area (Å²) in [4.78, 5) is 25.8. The highest BCUT2D eigenvalue weighted by atomic mass is 16.4. The number of carboxylic acid groups (broad SMARTS) is 1. The number of carbonyl (C=O) groups excluding carboxylic acids is 1. The molecule has 1 N–H and O–H groups in total. The van der Waals surface area contributed by atoms with Crippen LogP contribution in [0.15, 0.2) is 30.3 Å². The van der Waals surface area contributed by atoms with Gasteiger partial charge < -0.3 is 10.0 Å². The standard InChI is InChI=1S/C16H19NO3/c18-14(19)13-8-4-5-11-17(13)15(20)16(9-10-16)12-6-2-1-3-7-12/h1-3,6-7,13H,4-5,8-11H2,(H,18,19)/t13-/m1/s1. The highest BCUT2D eigenvalue weighted by Gasteiger charge is 2.54. The molecule has 0 spiro atoms. The van der Waals surface area contributed by atoms with Crippen LogP contribution in [-0.2, 0) is 15.0 Å². The van der Waals surface area contributed by atoms with Crippen molar-refractivity contribution >= 4 is 11.9 Å². The van der Waals surface area contributed by atoms with E-state index in [-0.39, 0.29) is 5.91 Å². The zero-order chi connectivity index (χ0) is 14.2. The Balaban J connectivity index is 1.86. The van der Waals surface area contributed by atoms with Crippen molar-refractivity contribution in [3.8, 4) is 0 Å². The number of hydrogen-bond acceptors (Lipinski definition) is 2. The smallest absolute Gasteiger partial charge is 0.326 e. The number of rotatable bonds is 3. The fourth-order valence-corrected chi connectivity index (χ4v) is 3.21. The number of aliphatic carboxylic acids is 1. The lowest BCUT2D eigenvalue weighted by molar-refractivity contribution is -0.153. The summed E-state index contributed by atoms with van der Waals surface area (Å²) in [7, 11) is 0. The molecule has 1 aliphatic heterocycles. The first-order chi connectivity index (χ1) is 9.65. The van der Waals surface area contributed by atoms with Gasteiger partial charge in [0.2, 0.25) is 5.91 Å². The second-order valence-electron chi connectivity index (χ2n) is 5.80. The minimum absolute atomic E-state index is 0.0100. The zero-order valence-electron chi connectivity index (χ0n) is 11.4. The van der Waals surface area contributed by atoms with Crippen LogP contribution in [-0.4, -0.2) is 34.5 Å². The van der Waals surface area contributed by atoms with E-state index in [0.717, 1.165) is 31.2 Å². The second-order valence-corrected chi connectivity index (χ2v) is 5.80. The molecule has 1 amide bonds. The van der Waals surface area contributed by atoms with Crippen LogP contribution in [0.5, 0.6) is 0 Å². The third-order valence-electron chi connectivity index (χ3n) is 4.53. The van der Waals surface area contributed by atoms with E-state index < -0.39 is 17.4 Å². The topological polar surface area (TPSA) is 57.6 Å². The van der Waals surface area contributed by atoms with Crippen LogP contribution in [0.25, 0.3) is 0 Å². The molecule has 4 nitrogen and oxygen atoms in total. The Morgan fingerprint density at radius 2 is 1.85 bits per heavy atom. The minimum Gasteiger partial charge on any atom is -0.480 e. The quantitative estimate of drug-likeness (QED) is 0.918. The van der Waals surface area contributed by atoms with Gasteiger partial charge in [-0.25, -0.2) is 4.79 Å². The van der Waals surface area contributed by atoms with Gasteiger partial charge in [-0.05, 0) is 37.7 Å². The first-order valence-corrected chi connectivity index (χ1v) is 7.24. The second kappa shape index (κ2) is 4.93. The van der Waals surface area contributed by atoms with Crippen molar-refractivity contribution in [3.05, 3.63) is 35.9 Å². The number of carboxylic acids is 1. The third-order valence-corrected chi connectivity index (χ3v) is 4.53. The maximum atomic E-state index is 12.9. The molecule has 2 aliphatic rings. The summed E-state index contributed by atoms with van der Waals surface area (Å²) >= 11 is 0. The molecule has 0 bridgehead atoms. The van der Waals surface area contributed by atoms with Crippen molar-refractivity contribution in [2.75, 3.05) is 6.54 Å². The molecule has 1 saturated carbocycles. The van der Waals surface area contributed by atoms with Gasteiger partial charge in [-0.1, -0.05) is 30.3 Å². The zero-order valence-corrected chi connectivity index (χ0v) is 11.4. The molecular formula is C16H19NO3. The Morgan fingerprint density at radius 3 is 2.45 bits per heavy atom. The molecule has 1 aromatic rings. The van der Waals surface area contributed by atoms with Crippen LogP contribution in [0.3, 0.4) is 0 Å². The van der Waals surface area contributed by atoms with Gasteiger partial charge in [-0.15, -0.1) is 0 Å². The van der Waals surface area contributed by atoms with Crippen LogP contribution in [0.2, 0.25) is 0 Å². The number of amides is 1. The predicted molar refractivity (Wildman–Crippen MR) is 74.3 cm³/mol. The molecule has 1 saturated heterocycles. The van der Waals surface area contributed by atoms with Crippen molar-refractivity contribution in [1.82, 2.24) is 4.90 Å². The van der Waals surface area contributed by atoms with Crippen molar-refractivity contribution in [3.63, 3.8) is 0 Å². The molecule has 1 atom stereocenters. The minimum atomic E-state index is -0.873. The summed E-state index contributed by atoms with van der Waals surface area (Å²) in [5.41, 5.74) is 0.575. The first kappa shape index (κ1) is 13.2. The van der Waals surface area contributed by atoms with Gasteiger partial charge >= 0.3 is 5.97 Å². The fourth-order valence-electron chi connectivity index (χ4n) is 3.21. The summed E-state index contributed by atoms with van der Waals surface area (Å²) in [6.45, 7) is 0.574. The van der Waals surface area contributed by atoms with E-state index in [1.807, 2.05) is 30.3 Å². The maximum Gasteiger partial charge on any atom is 0.326 e. The summed E-state index contributed by atoms with van der Waals surface area (Å²) in [6.07, 6.45) is 4.03. The van der Waals surface area contributed by atoms with Gasteiger partial charge in [0.05, 0.1) is 5.41 Å². The first-order valence-electron chi connectivity index (χ1n) is 7.24. The van der Waals surface area contributed by atoms with Gasteiger partial charge in [0.25, 0.3) is 0 Å². The van der Waals surface area contributed by atoms with Crippen LogP contribution in [0.1, 0.15) is 37.7 Å². The number of hydrogen-bond donors (Lipinski definition) is 1. The van der Waals surface area contributed by atoms with Crippen molar-refractivity contribution in [2.24, 2.45) is 0 Å². The molecule has 1 aromatic carbocycles. The lowest BCUT2D eigenvalue weighted by Gasteiger charge is -2.35. The highest BCUT2D eigenvalue weighted by Crippen LogP contribution is 2.50. The summed E-state index contributed by atoms with van der Waals surface area (Å²) in [5.74, 6) is -0.863. The molecule has 0 unspecified atom stereocenters. The molecule has 1 heterocycles. The predicted octanol–water partition coefficient (Wildman–Crippen LogP) is 2.18. The number of likely N-dealkylation sites (tertiary alicyclic amines) is 1. The van der Waals surface area contributed by atoms with E-state index in [1.54, 1.807) is 4.90 Å². The summed E-state index contributed by atoms with van der Waals surface area (Å²) < 4.78 is 0. The number of benzene rings is 1. The van der Waals surface area contributed by atoms with Crippen molar-refractivity contribution < 1.29 is 14.7 Å². The average molecular weight is 273 g/mol. The summed E-state index contributed by atoms with van der Waals surface area (Å²) in [6, 6.07) is 9.12. The largest absolute Gasteiger partial charge is 0.480 e. The van der Waals surface area contributed by atoms with Gasteiger partial charge in [-0.3, -0.25) is 4.79 Å². The molecule has 0 radical (unpaired) electrons. The molecule has 3 rings (SSSR count). The summed E-state index contributed by atoms with van der Waals surface area (Å²) in [5, 5.41) is 9.32. The lowest BCUT2D eigenvalue weighted by Crippen LogP contribution is -2.51. The Labute approximate surface area is 118 Å². The lowest BCUT2D eigenvalue weighted by atomic mass is 9.91. The van der Waals surface area contributed by atoms with Gasteiger partial charge in [-0.2, -0.15) is 0 Å². The Hall–Kier alpha value is -1.84. The van der Waals surface area contributed by atoms with E-state index >= 15 is 0 Å². The van der Waals surface area contributed by atoms with Crippen molar-refractivity contribution in [1.29, 1.82) is 0 Å². The van der Waals surface area contributed by atoms with Crippen LogP contribution < -0.4 is 0 Å². The number of piperidine rings is 1. The van der Waals surface area contributed by atoms with E-state index in [9.17, 15) is 14.7 Å². The molecule has 2 fully saturated rings. The molecule has 1 aliphatic carbocycles. The average Bonchev–Trinajstić information content (AvgIpc) is 3.29. The molecule has 4 heteroatoms. The van der Waals surface area contributed by atoms with Crippen LogP contribution in [0, 0.1) is 0 Å². The van der Waals surface area contributed by atoms with Gasteiger partial charge in [0.1, 0.15) is 6.04 Å². The number of nitrogens with zero attached hydrogens (tertiary/aromatic N) is 1. The van der Waals surface area contributed by atoms with E-state index in [4.69, 9.17) is 0 Å². The van der Waals surface area contributed by atoms with Crippen molar-refractivity contribution in [2.45, 2.75) is 43.6 Å². The number of carbonyl (C=O) groups is 2. The monoisotopic (exact) mass is 273 g/mol. The normalized spacial score (nSPS) is 24.2. The van der Waals surface area contributed by atoms with Gasteiger partial charge in [0, 0.05) is 6.54 Å². The fraction of sp³-hybridized carbons (Fsp3) is 0.500. The van der Waals surface area contributed by atoms with Gasteiger partial charge in [0.15, 0.2) is 0 Å².